The van der Waals surface area contributed by atoms with Gasteiger partial charge in [-0.15, -0.1) is 0 Å². The summed E-state index contributed by atoms with van der Waals surface area (Å²) in [6.07, 6.45) is 0.700. The van der Waals surface area contributed by atoms with Gasteiger partial charge in [-0.05, 0) is 38.5 Å². The SMILES string of the molecule is CCC(C)(C)NC(=O)COC(=O)c1cc(S(=O)(=O)N(C)OC)ccc1Cl. The summed E-state index contributed by atoms with van der Waals surface area (Å²) in [5.41, 5.74) is -0.598. The van der Waals surface area contributed by atoms with Crippen molar-refractivity contribution in [1.29, 1.82) is 0 Å². The molecule has 0 radical (unpaired) electrons. The van der Waals surface area contributed by atoms with Gasteiger partial charge in [0.15, 0.2) is 6.61 Å². The van der Waals surface area contributed by atoms with Gasteiger partial charge in [0.2, 0.25) is 0 Å². The zero-order valence-electron chi connectivity index (χ0n) is 15.3. The maximum absolute atomic E-state index is 12.2. The maximum atomic E-state index is 12.2. The first kappa shape index (κ1) is 22.4. The van der Waals surface area contributed by atoms with E-state index in [2.05, 4.69) is 10.2 Å². The van der Waals surface area contributed by atoms with E-state index in [4.69, 9.17) is 16.3 Å². The molecular formula is C16H23ClN2O6S. The van der Waals surface area contributed by atoms with Gasteiger partial charge < -0.3 is 10.1 Å². The standard InChI is InChI=1S/C16H23ClN2O6S/c1-6-16(2,3)18-14(20)10-25-15(21)12-9-11(7-8-13(12)17)26(22,23)19(4)24-5/h7-9H,6,10H2,1-5H3,(H,18,20). The molecule has 0 atom stereocenters. The largest absolute Gasteiger partial charge is 0.452 e. The third-order valence-electron chi connectivity index (χ3n) is 3.75. The lowest BCUT2D eigenvalue weighted by Gasteiger charge is -2.24. The molecule has 10 heteroatoms. The van der Waals surface area contributed by atoms with Crippen LogP contribution in [-0.2, 0) is 24.4 Å². The van der Waals surface area contributed by atoms with Gasteiger partial charge in [0, 0.05) is 12.6 Å². The molecule has 0 aliphatic rings. The Morgan fingerprint density at radius 3 is 2.46 bits per heavy atom. The third-order valence-corrected chi connectivity index (χ3v) is 5.75. The highest BCUT2D eigenvalue weighted by Crippen LogP contribution is 2.23. The first-order chi connectivity index (χ1) is 11.9. The highest BCUT2D eigenvalue weighted by molar-refractivity contribution is 7.89. The molecular weight excluding hydrogens is 384 g/mol. The number of amides is 1. The van der Waals surface area contributed by atoms with Crippen LogP contribution in [0.25, 0.3) is 0 Å². The second-order valence-corrected chi connectivity index (χ2v) is 8.44. The first-order valence-corrected chi connectivity index (χ1v) is 9.57. The number of rotatable bonds is 8. The second kappa shape index (κ2) is 8.81. The van der Waals surface area contributed by atoms with Crippen LogP contribution in [0.5, 0.6) is 0 Å². The molecule has 0 aromatic heterocycles. The normalized spacial score (nSPS) is 12.1. The zero-order valence-corrected chi connectivity index (χ0v) is 16.9. The van der Waals surface area contributed by atoms with Crippen molar-refractivity contribution in [3.8, 4) is 0 Å². The van der Waals surface area contributed by atoms with Crippen LogP contribution in [0.1, 0.15) is 37.6 Å². The fourth-order valence-electron chi connectivity index (χ4n) is 1.78. The fourth-order valence-corrected chi connectivity index (χ4v) is 2.97. The van der Waals surface area contributed by atoms with Crippen molar-refractivity contribution in [2.24, 2.45) is 0 Å². The van der Waals surface area contributed by atoms with E-state index in [1.165, 1.54) is 26.3 Å². The minimum Gasteiger partial charge on any atom is -0.452 e. The van der Waals surface area contributed by atoms with E-state index in [1.807, 2.05) is 20.8 Å². The summed E-state index contributed by atoms with van der Waals surface area (Å²) in [4.78, 5) is 28.5. The monoisotopic (exact) mass is 406 g/mol. The van der Waals surface area contributed by atoms with Crippen LogP contribution in [0, 0.1) is 0 Å². The van der Waals surface area contributed by atoms with E-state index in [9.17, 15) is 18.0 Å². The minimum absolute atomic E-state index is 0.00307. The van der Waals surface area contributed by atoms with Crippen molar-refractivity contribution in [2.75, 3.05) is 20.8 Å². The molecule has 0 saturated carbocycles. The Morgan fingerprint density at radius 2 is 1.92 bits per heavy atom. The van der Waals surface area contributed by atoms with Crippen LogP contribution in [0.4, 0.5) is 0 Å². The highest BCUT2D eigenvalue weighted by atomic mass is 35.5. The average molecular weight is 407 g/mol. The molecule has 0 aliphatic heterocycles. The predicted octanol–water partition coefficient (Wildman–Crippen LogP) is 1.98. The average Bonchev–Trinajstić information content (AvgIpc) is 2.58. The summed E-state index contributed by atoms with van der Waals surface area (Å²) in [5.74, 6) is -1.37. The number of carbonyl (C=O) groups excluding carboxylic acids is 2. The summed E-state index contributed by atoms with van der Waals surface area (Å²) in [5, 5.41) is 2.72. The van der Waals surface area contributed by atoms with Crippen LogP contribution in [0.2, 0.25) is 5.02 Å². The second-order valence-electron chi connectivity index (χ2n) is 6.10. The number of ether oxygens (including phenoxy) is 1. The van der Waals surface area contributed by atoms with Gasteiger partial charge in [-0.25, -0.2) is 13.2 Å². The van der Waals surface area contributed by atoms with Crippen molar-refractivity contribution in [2.45, 2.75) is 37.6 Å². The molecule has 0 bridgehead atoms. The van der Waals surface area contributed by atoms with Crippen LogP contribution in [0.15, 0.2) is 23.1 Å². The fraction of sp³-hybridized carbons (Fsp3) is 0.500. The van der Waals surface area contributed by atoms with E-state index < -0.39 is 34.0 Å². The van der Waals surface area contributed by atoms with Crippen molar-refractivity contribution in [3.05, 3.63) is 28.8 Å². The molecule has 1 N–H and O–H groups in total. The van der Waals surface area contributed by atoms with Crippen LogP contribution in [0.3, 0.4) is 0 Å². The van der Waals surface area contributed by atoms with E-state index in [0.29, 0.717) is 10.9 Å². The van der Waals surface area contributed by atoms with Crippen LogP contribution >= 0.6 is 11.6 Å². The molecule has 0 aliphatic carbocycles. The van der Waals surface area contributed by atoms with Gasteiger partial charge in [0.1, 0.15) is 0 Å². The Labute approximate surface area is 158 Å². The Balaban J connectivity index is 2.94. The lowest BCUT2D eigenvalue weighted by molar-refractivity contribution is -0.125. The van der Waals surface area contributed by atoms with Crippen LogP contribution in [-0.4, -0.2) is 51.1 Å². The Bertz CT molecular complexity index is 779. The molecule has 26 heavy (non-hydrogen) atoms. The number of benzene rings is 1. The minimum atomic E-state index is -3.96. The molecule has 0 heterocycles. The number of sulfonamides is 1. The van der Waals surface area contributed by atoms with Gasteiger partial charge in [-0.3, -0.25) is 9.63 Å². The maximum Gasteiger partial charge on any atom is 0.340 e. The first-order valence-electron chi connectivity index (χ1n) is 7.75. The lowest BCUT2D eigenvalue weighted by atomic mass is 10.0. The molecule has 0 unspecified atom stereocenters. The summed E-state index contributed by atoms with van der Waals surface area (Å²) in [7, 11) is -1.55. The van der Waals surface area contributed by atoms with Crippen molar-refractivity contribution < 1.29 is 27.6 Å². The number of hydroxylamine groups is 1. The van der Waals surface area contributed by atoms with E-state index in [0.717, 1.165) is 6.07 Å². The number of carbonyl (C=O) groups is 2. The summed E-state index contributed by atoms with van der Waals surface area (Å²) in [6.45, 7) is 5.08. The molecule has 1 aromatic carbocycles. The van der Waals surface area contributed by atoms with Crippen molar-refractivity contribution in [3.63, 3.8) is 0 Å². The van der Waals surface area contributed by atoms with Gasteiger partial charge in [0.05, 0.1) is 22.6 Å². The molecule has 0 fully saturated rings. The predicted molar refractivity (Wildman–Crippen MR) is 96.2 cm³/mol. The van der Waals surface area contributed by atoms with E-state index >= 15 is 0 Å². The van der Waals surface area contributed by atoms with Crippen molar-refractivity contribution in [1.82, 2.24) is 9.79 Å². The topological polar surface area (TPSA) is 102 Å². The van der Waals surface area contributed by atoms with E-state index in [1.54, 1.807) is 0 Å². The molecule has 0 spiro atoms. The number of nitrogens with zero attached hydrogens (tertiary/aromatic N) is 1. The Kier molecular flexibility index (Phi) is 7.57. The number of esters is 1. The summed E-state index contributed by atoms with van der Waals surface area (Å²) >= 11 is 5.96. The molecule has 1 amide bonds. The smallest absolute Gasteiger partial charge is 0.340 e. The van der Waals surface area contributed by atoms with Gasteiger partial charge in [0.25, 0.3) is 15.9 Å². The van der Waals surface area contributed by atoms with E-state index in [-0.39, 0.29) is 15.5 Å². The van der Waals surface area contributed by atoms with Crippen molar-refractivity contribution >= 4 is 33.5 Å². The highest BCUT2D eigenvalue weighted by Gasteiger charge is 2.24. The number of hydrogen-bond donors (Lipinski definition) is 1. The third kappa shape index (κ3) is 5.66. The van der Waals surface area contributed by atoms with Crippen LogP contribution < -0.4 is 5.32 Å². The Hall–Kier alpha value is -1.68. The summed E-state index contributed by atoms with van der Waals surface area (Å²) < 4.78 is 30.1. The Morgan fingerprint density at radius 1 is 1.31 bits per heavy atom. The van der Waals surface area contributed by atoms with Gasteiger partial charge in [-0.2, -0.15) is 0 Å². The molecule has 8 nitrogen and oxygen atoms in total. The number of nitrogens with one attached hydrogen (secondary N) is 1. The molecule has 0 saturated heterocycles. The molecule has 1 aromatic rings. The zero-order chi connectivity index (χ0) is 20.1. The lowest BCUT2D eigenvalue weighted by Crippen LogP contribution is -2.44. The number of halogens is 1. The van der Waals surface area contributed by atoms with Gasteiger partial charge in [-0.1, -0.05) is 23.0 Å². The molecule has 146 valence electrons. The summed E-state index contributed by atoms with van der Waals surface area (Å²) in [6, 6.07) is 3.57. The number of hydrogen-bond acceptors (Lipinski definition) is 6. The quantitative estimate of drug-likeness (QED) is 0.523. The molecule has 1 rings (SSSR count). The van der Waals surface area contributed by atoms with Gasteiger partial charge >= 0.3 is 5.97 Å².